The number of carbonyl (C=O) groups is 1. The maximum atomic E-state index is 13.1. The summed E-state index contributed by atoms with van der Waals surface area (Å²) < 4.78 is 0. The second-order valence-corrected chi connectivity index (χ2v) is 9.03. The summed E-state index contributed by atoms with van der Waals surface area (Å²) in [4.78, 5) is 21.6. The van der Waals surface area contributed by atoms with Crippen LogP contribution in [0, 0.1) is 0 Å². The molecule has 0 aromatic heterocycles. The van der Waals surface area contributed by atoms with Gasteiger partial charge in [0.2, 0.25) is 5.91 Å². The Morgan fingerprint density at radius 2 is 1.79 bits per heavy atom. The van der Waals surface area contributed by atoms with E-state index in [1.165, 1.54) is 5.56 Å². The zero-order valence-corrected chi connectivity index (χ0v) is 19.8. The Balaban J connectivity index is 1.59. The summed E-state index contributed by atoms with van der Waals surface area (Å²) in [5.41, 5.74) is 19.6. The van der Waals surface area contributed by atoms with Crippen LogP contribution in [0.3, 0.4) is 0 Å². The molecule has 7 nitrogen and oxygen atoms in total. The van der Waals surface area contributed by atoms with Crippen LogP contribution >= 0.6 is 11.6 Å². The molecule has 2 aromatic rings. The molecule has 33 heavy (non-hydrogen) atoms. The van der Waals surface area contributed by atoms with Crippen LogP contribution in [0.4, 0.5) is 0 Å². The van der Waals surface area contributed by atoms with Crippen molar-refractivity contribution in [1.82, 2.24) is 9.80 Å². The lowest BCUT2D eigenvalue weighted by Crippen LogP contribution is -2.58. The molecule has 1 fully saturated rings. The molecular weight excluding hydrogens is 436 g/mol. The predicted molar refractivity (Wildman–Crippen MR) is 135 cm³/mol. The predicted octanol–water partition coefficient (Wildman–Crippen LogP) is 2.02. The average molecular weight is 471 g/mol. The van der Waals surface area contributed by atoms with E-state index in [1.54, 1.807) is 0 Å². The van der Waals surface area contributed by atoms with E-state index in [2.05, 4.69) is 34.2 Å². The van der Waals surface area contributed by atoms with Crippen LogP contribution in [0.1, 0.15) is 24.0 Å². The van der Waals surface area contributed by atoms with Crippen molar-refractivity contribution in [3.05, 3.63) is 70.7 Å². The first-order valence-corrected chi connectivity index (χ1v) is 11.9. The summed E-state index contributed by atoms with van der Waals surface area (Å²) in [5, 5.41) is 0.675. The van der Waals surface area contributed by atoms with Gasteiger partial charge in [0.05, 0.1) is 6.04 Å². The van der Waals surface area contributed by atoms with Crippen molar-refractivity contribution < 1.29 is 4.79 Å². The first-order valence-electron chi connectivity index (χ1n) is 11.5. The minimum atomic E-state index is -0.565. The minimum Gasteiger partial charge on any atom is -0.370 e. The van der Waals surface area contributed by atoms with Crippen molar-refractivity contribution in [3.63, 3.8) is 0 Å². The van der Waals surface area contributed by atoms with Crippen molar-refractivity contribution in [2.75, 3.05) is 32.7 Å². The molecule has 1 amide bonds. The zero-order valence-electron chi connectivity index (χ0n) is 19.1. The number of rotatable bonds is 10. The summed E-state index contributed by atoms with van der Waals surface area (Å²) >= 11 is 5.96. The Labute approximate surface area is 201 Å². The zero-order chi connectivity index (χ0) is 23.6. The van der Waals surface area contributed by atoms with E-state index >= 15 is 0 Å². The van der Waals surface area contributed by atoms with Gasteiger partial charge in [-0.2, -0.15) is 0 Å². The van der Waals surface area contributed by atoms with Gasteiger partial charge in [-0.1, -0.05) is 54.1 Å². The van der Waals surface area contributed by atoms with Crippen LogP contribution in [0.5, 0.6) is 0 Å². The first-order chi connectivity index (χ1) is 15.9. The van der Waals surface area contributed by atoms with E-state index in [9.17, 15) is 4.79 Å². The smallest absolute Gasteiger partial charge is 0.239 e. The van der Waals surface area contributed by atoms with E-state index in [0.717, 1.165) is 37.9 Å². The number of benzene rings is 2. The van der Waals surface area contributed by atoms with Gasteiger partial charge in [0.1, 0.15) is 0 Å². The molecule has 0 saturated carbocycles. The summed E-state index contributed by atoms with van der Waals surface area (Å²) in [6.45, 7) is 3.74. The molecule has 1 aliphatic rings. The van der Waals surface area contributed by atoms with Crippen LogP contribution in [0.25, 0.3) is 0 Å². The fourth-order valence-corrected chi connectivity index (χ4v) is 4.44. The largest absolute Gasteiger partial charge is 0.370 e. The SMILES string of the molecule is NC(N)=NCCC[C@H]1CN(C(=O)[C@H](N)Cc2ccc(Cl)cc2)CCN1CCc1ccccc1. The van der Waals surface area contributed by atoms with E-state index < -0.39 is 6.04 Å². The molecule has 178 valence electrons. The number of halogens is 1. The monoisotopic (exact) mass is 470 g/mol. The molecule has 0 radical (unpaired) electrons. The highest BCUT2D eigenvalue weighted by atomic mass is 35.5. The maximum absolute atomic E-state index is 13.1. The lowest BCUT2D eigenvalue weighted by atomic mass is 10.0. The summed E-state index contributed by atoms with van der Waals surface area (Å²) in [7, 11) is 0. The lowest BCUT2D eigenvalue weighted by molar-refractivity contribution is -0.135. The third-order valence-electron chi connectivity index (χ3n) is 6.12. The number of amides is 1. The van der Waals surface area contributed by atoms with Crippen LogP contribution in [-0.2, 0) is 17.6 Å². The fourth-order valence-electron chi connectivity index (χ4n) is 4.31. The second-order valence-electron chi connectivity index (χ2n) is 8.60. The molecule has 1 saturated heterocycles. The maximum Gasteiger partial charge on any atom is 0.239 e. The fraction of sp³-hybridized carbons (Fsp3) is 0.440. The lowest BCUT2D eigenvalue weighted by Gasteiger charge is -2.42. The number of aliphatic imine (C=N–C) groups is 1. The Kier molecular flexibility index (Phi) is 9.54. The van der Waals surface area contributed by atoms with Gasteiger partial charge in [0, 0.05) is 43.8 Å². The molecule has 2 atom stereocenters. The van der Waals surface area contributed by atoms with Gasteiger partial charge in [0.15, 0.2) is 5.96 Å². The van der Waals surface area contributed by atoms with Crippen molar-refractivity contribution in [2.45, 2.75) is 37.8 Å². The van der Waals surface area contributed by atoms with Crippen LogP contribution < -0.4 is 17.2 Å². The highest BCUT2D eigenvalue weighted by Gasteiger charge is 2.31. The number of carbonyl (C=O) groups excluding carboxylic acids is 1. The molecule has 3 rings (SSSR count). The summed E-state index contributed by atoms with van der Waals surface area (Å²) in [6.07, 6.45) is 3.26. The third-order valence-corrected chi connectivity index (χ3v) is 6.37. The normalized spacial score (nSPS) is 17.5. The highest BCUT2D eigenvalue weighted by Crippen LogP contribution is 2.18. The van der Waals surface area contributed by atoms with Gasteiger partial charge in [-0.15, -0.1) is 0 Å². The van der Waals surface area contributed by atoms with Crippen LogP contribution in [0.15, 0.2) is 59.6 Å². The van der Waals surface area contributed by atoms with E-state index in [0.29, 0.717) is 31.1 Å². The number of piperazine rings is 1. The van der Waals surface area contributed by atoms with Crippen molar-refractivity contribution >= 4 is 23.5 Å². The molecule has 0 aliphatic carbocycles. The number of nitrogens with zero attached hydrogens (tertiary/aromatic N) is 3. The first kappa shape index (κ1) is 25.0. The molecular formula is C25H35ClN6O. The van der Waals surface area contributed by atoms with Gasteiger partial charge in [-0.05, 0) is 48.9 Å². The van der Waals surface area contributed by atoms with Crippen molar-refractivity contribution in [3.8, 4) is 0 Å². The molecule has 1 heterocycles. The molecule has 0 unspecified atom stereocenters. The molecule has 0 spiro atoms. The van der Waals surface area contributed by atoms with E-state index in [4.69, 9.17) is 28.8 Å². The summed E-state index contributed by atoms with van der Waals surface area (Å²) in [5.74, 6) is 0.117. The molecule has 2 aromatic carbocycles. The van der Waals surface area contributed by atoms with Crippen molar-refractivity contribution in [1.29, 1.82) is 0 Å². The Morgan fingerprint density at radius 1 is 1.06 bits per heavy atom. The number of guanidine groups is 1. The second kappa shape index (κ2) is 12.6. The van der Waals surface area contributed by atoms with E-state index in [1.807, 2.05) is 35.2 Å². The topological polar surface area (TPSA) is 114 Å². The van der Waals surface area contributed by atoms with Gasteiger partial charge in [-0.25, -0.2) is 0 Å². The third kappa shape index (κ3) is 8.03. The Hall–Kier alpha value is -2.61. The van der Waals surface area contributed by atoms with E-state index in [-0.39, 0.29) is 17.9 Å². The summed E-state index contributed by atoms with van der Waals surface area (Å²) in [6, 6.07) is 17.7. The number of nitrogens with two attached hydrogens (primary N) is 3. The standard InChI is InChI=1S/C25H35ClN6O/c26-21-10-8-20(9-11-21)17-23(27)24(33)32-16-15-31(14-12-19-5-2-1-3-6-19)22(18-32)7-4-13-30-25(28)29/h1-3,5-6,8-11,22-23H,4,7,12-18,27H2,(H4,28,29,30)/t22-,23+/m0/s1. The molecule has 8 heteroatoms. The van der Waals surface area contributed by atoms with Gasteiger partial charge < -0.3 is 22.1 Å². The van der Waals surface area contributed by atoms with Gasteiger partial charge in [-0.3, -0.25) is 14.7 Å². The van der Waals surface area contributed by atoms with Crippen molar-refractivity contribution in [2.24, 2.45) is 22.2 Å². The van der Waals surface area contributed by atoms with Crippen LogP contribution in [0.2, 0.25) is 5.02 Å². The van der Waals surface area contributed by atoms with Gasteiger partial charge >= 0.3 is 0 Å². The van der Waals surface area contributed by atoms with Crippen LogP contribution in [-0.4, -0.2) is 66.5 Å². The van der Waals surface area contributed by atoms with Gasteiger partial charge in [0.25, 0.3) is 0 Å². The Bertz CT molecular complexity index is 901. The Morgan fingerprint density at radius 3 is 2.48 bits per heavy atom. The number of hydrogen-bond acceptors (Lipinski definition) is 4. The minimum absolute atomic E-state index is 0.00174. The average Bonchev–Trinajstić information content (AvgIpc) is 2.82. The molecule has 6 N–H and O–H groups in total. The molecule has 1 aliphatic heterocycles. The number of hydrogen-bond donors (Lipinski definition) is 3. The quantitative estimate of drug-likeness (QED) is 0.279. The highest BCUT2D eigenvalue weighted by molar-refractivity contribution is 6.30. The molecule has 0 bridgehead atoms.